The summed E-state index contributed by atoms with van der Waals surface area (Å²) in [6, 6.07) is -0.642. The second kappa shape index (κ2) is 48.0. The van der Waals surface area contributed by atoms with Gasteiger partial charge in [0.05, 0.1) is 25.4 Å². The number of hydrogen-bond donors (Lipinski definition) is 3. The number of hydrogen-bond acceptors (Lipinski definition) is 5. The van der Waals surface area contributed by atoms with Gasteiger partial charge in [-0.3, -0.25) is 9.59 Å². The van der Waals surface area contributed by atoms with Crippen LogP contribution in [0.25, 0.3) is 0 Å². The van der Waals surface area contributed by atoms with Crippen molar-refractivity contribution in [2.45, 2.75) is 283 Å². The molecule has 0 heterocycles. The first-order valence-corrected chi connectivity index (χ1v) is 25.6. The van der Waals surface area contributed by atoms with Crippen molar-refractivity contribution in [2.24, 2.45) is 0 Å². The van der Waals surface area contributed by atoms with Crippen LogP contribution < -0.4 is 5.32 Å². The third kappa shape index (κ3) is 43.9. The van der Waals surface area contributed by atoms with Crippen LogP contribution in [0.4, 0.5) is 0 Å². The molecule has 6 nitrogen and oxygen atoms in total. The van der Waals surface area contributed by atoms with Gasteiger partial charge in [-0.25, -0.2) is 0 Å². The number of rotatable bonds is 47. The lowest BCUT2D eigenvalue weighted by atomic mass is 10.0. The Labute approximate surface area is 361 Å². The van der Waals surface area contributed by atoms with E-state index in [-0.39, 0.29) is 18.5 Å². The van der Waals surface area contributed by atoms with E-state index in [1.807, 2.05) is 6.08 Å². The van der Waals surface area contributed by atoms with E-state index in [1.54, 1.807) is 6.08 Å². The number of ether oxygens (including phenoxy) is 1. The Kier molecular flexibility index (Phi) is 46.6. The molecule has 0 saturated heterocycles. The SMILES string of the molecule is CCCC/C=C\CCCCCCCC(=O)OCCCCCCCCCCCCCC(=O)NC(CO)C(O)/C=C/CCCCCCCCCCCCCCCCCCC. The molecule has 0 fully saturated rings. The molecule has 342 valence electrons. The molecule has 0 aromatic heterocycles. The molecule has 3 N–H and O–H groups in total. The van der Waals surface area contributed by atoms with Crippen LogP contribution in [0, 0.1) is 0 Å². The summed E-state index contributed by atoms with van der Waals surface area (Å²) < 4.78 is 5.43. The molecule has 58 heavy (non-hydrogen) atoms. The zero-order chi connectivity index (χ0) is 42.3. The molecule has 0 aromatic rings. The van der Waals surface area contributed by atoms with Crippen LogP contribution >= 0.6 is 0 Å². The molecular formula is C52H99NO5. The predicted octanol–water partition coefficient (Wildman–Crippen LogP) is 15.1. The Morgan fingerprint density at radius 3 is 1.28 bits per heavy atom. The van der Waals surface area contributed by atoms with Gasteiger partial charge in [0.15, 0.2) is 0 Å². The summed E-state index contributed by atoms with van der Waals surface area (Å²) in [7, 11) is 0. The van der Waals surface area contributed by atoms with Gasteiger partial charge in [0.25, 0.3) is 0 Å². The normalized spacial score (nSPS) is 12.8. The van der Waals surface area contributed by atoms with Gasteiger partial charge >= 0.3 is 5.97 Å². The van der Waals surface area contributed by atoms with Gasteiger partial charge in [0.2, 0.25) is 5.91 Å². The first-order chi connectivity index (χ1) is 28.5. The van der Waals surface area contributed by atoms with Gasteiger partial charge in [-0.2, -0.15) is 0 Å². The van der Waals surface area contributed by atoms with Crippen molar-refractivity contribution < 1.29 is 24.5 Å². The maximum Gasteiger partial charge on any atom is 0.305 e. The molecule has 0 rings (SSSR count). The van der Waals surface area contributed by atoms with Crippen LogP contribution in [-0.4, -0.2) is 47.4 Å². The minimum atomic E-state index is -0.857. The van der Waals surface area contributed by atoms with Crippen molar-refractivity contribution in [3.8, 4) is 0 Å². The van der Waals surface area contributed by atoms with E-state index in [0.29, 0.717) is 19.4 Å². The Bertz CT molecular complexity index is 904. The second-order valence-electron chi connectivity index (χ2n) is 17.5. The van der Waals surface area contributed by atoms with Crippen LogP contribution in [0.1, 0.15) is 271 Å². The molecule has 0 aromatic carbocycles. The molecule has 0 aliphatic carbocycles. The maximum absolute atomic E-state index is 12.4. The minimum Gasteiger partial charge on any atom is -0.466 e. The number of carbonyl (C=O) groups excluding carboxylic acids is 2. The topological polar surface area (TPSA) is 95.9 Å². The fraction of sp³-hybridized carbons (Fsp3) is 0.885. The molecule has 0 spiro atoms. The van der Waals surface area contributed by atoms with Crippen molar-refractivity contribution in [2.75, 3.05) is 13.2 Å². The van der Waals surface area contributed by atoms with E-state index in [0.717, 1.165) is 57.8 Å². The van der Waals surface area contributed by atoms with E-state index in [1.165, 1.54) is 186 Å². The van der Waals surface area contributed by atoms with Gasteiger partial charge in [-0.1, -0.05) is 231 Å². The van der Waals surface area contributed by atoms with Gasteiger partial charge in [-0.05, 0) is 51.4 Å². The van der Waals surface area contributed by atoms with Gasteiger partial charge in [0.1, 0.15) is 0 Å². The molecular weight excluding hydrogens is 719 g/mol. The Morgan fingerprint density at radius 2 is 0.828 bits per heavy atom. The van der Waals surface area contributed by atoms with E-state index < -0.39 is 12.1 Å². The lowest BCUT2D eigenvalue weighted by Gasteiger charge is -2.20. The highest BCUT2D eigenvalue weighted by molar-refractivity contribution is 5.76. The monoisotopic (exact) mass is 818 g/mol. The summed E-state index contributed by atoms with van der Waals surface area (Å²) in [4.78, 5) is 24.4. The zero-order valence-electron chi connectivity index (χ0n) is 38.8. The Morgan fingerprint density at radius 1 is 0.466 bits per heavy atom. The fourth-order valence-corrected chi connectivity index (χ4v) is 7.73. The maximum atomic E-state index is 12.4. The quantitative estimate of drug-likeness (QED) is 0.0323. The average Bonchev–Trinajstić information content (AvgIpc) is 3.22. The van der Waals surface area contributed by atoms with Crippen molar-refractivity contribution >= 4 is 11.9 Å². The van der Waals surface area contributed by atoms with Gasteiger partial charge in [0, 0.05) is 12.8 Å². The molecule has 0 saturated carbocycles. The predicted molar refractivity (Wildman–Crippen MR) is 250 cm³/mol. The zero-order valence-corrected chi connectivity index (χ0v) is 38.8. The number of nitrogens with one attached hydrogen (secondary N) is 1. The Balaban J connectivity index is 3.53. The highest BCUT2D eigenvalue weighted by Crippen LogP contribution is 2.16. The van der Waals surface area contributed by atoms with Crippen LogP contribution in [0.5, 0.6) is 0 Å². The molecule has 6 heteroatoms. The molecule has 0 radical (unpaired) electrons. The highest BCUT2D eigenvalue weighted by atomic mass is 16.5. The number of aliphatic hydroxyl groups excluding tert-OH is 2. The molecule has 0 aliphatic heterocycles. The lowest BCUT2D eigenvalue weighted by molar-refractivity contribution is -0.143. The molecule has 1 amide bonds. The average molecular weight is 818 g/mol. The summed E-state index contributed by atoms with van der Waals surface area (Å²) in [5.74, 6) is -0.113. The number of allylic oxidation sites excluding steroid dienone is 3. The number of esters is 1. The van der Waals surface area contributed by atoms with Crippen molar-refractivity contribution in [1.29, 1.82) is 0 Å². The number of carbonyl (C=O) groups is 2. The molecule has 2 unspecified atom stereocenters. The highest BCUT2D eigenvalue weighted by Gasteiger charge is 2.18. The molecule has 2 atom stereocenters. The first kappa shape index (κ1) is 56.3. The van der Waals surface area contributed by atoms with Gasteiger partial charge < -0.3 is 20.3 Å². The van der Waals surface area contributed by atoms with E-state index in [9.17, 15) is 19.8 Å². The summed E-state index contributed by atoms with van der Waals surface area (Å²) in [6.07, 6.45) is 56.0. The summed E-state index contributed by atoms with van der Waals surface area (Å²) in [5, 5.41) is 23.1. The summed E-state index contributed by atoms with van der Waals surface area (Å²) in [6.45, 7) is 4.82. The standard InChI is InChI=1S/C52H99NO5/c1-3-5-7-9-11-13-15-16-17-18-19-20-21-22-25-28-32-36-40-44-50(55)49(48-54)53-51(56)45-41-37-33-29-26-23-27-31-35-39-43-47-58-52(57)46-42-38-34-30-24-14-12-10-8-6-4-2/h10,12,40,44,49-50,54-55H,3-9,11,13-39,41-43,45-48H2,1-2H3,(H,53,56)/b12-10-,44-40+. The van der Waals surface area contributed by atoms with Crippen LogP contribution in [-0.2, 0) is 14.3 Å². The number of unbranched alkanes of at least 4 members (excludes halogenated alkanes) is 34. The Hall–Kier alpha value is -1.66. The molecule has 0 aliphatic rings. The third-order valence-corrected chi connectivity index (χ3v) is 11.7. The van der Waals surface area contributed by atoms with Gasteiger partial charge in [-0.15, -0.1) is 0 Å². The van der Waals surface area contributed by atoms with Crippen LogP contribution in [0.2, 0.25) is 0 Å². The van der Waals surface area contributed by atoms with Crippen LogP contribution in [0.15, 0.2) is 24.3 Å². The smallest absolute Gasteiger partial charge is 0.305 e. The van der Waals surface area contributed by atoms with Crippen LogP contribution in [0.3, 0.4) is 0 Å². The third-order valence-electron chi connectivity index (χ3n) is 11.7. The first-order valence-electron chi connectivity index (χ1n) is 25.6. The van der Waals surface area contributed by atoms with Crippen molar-refractivity contribution in [1.82, 2.24) is 5.32 Å². The largest absolute Gasteiger partial charge is 0.466 e. The number of aliphatic hydroxyl groups is 2. The van der Waals surface area contributed by atoms with E-state index >= 15 is 0 Å². The molecule has 0 bridgehead atoms. The summed E-state index contributed by atoms with van der Waals surface area (Å²) >= 11 is 0. The lowest BCUT2D eigenvalue weighted by Crippen LogP contribution is -2.45. The fourth-order valence-electron chi connectivity index (χ4n) is 7.73. The number of amides is 1. The minimum absolute atomic E-state index is 0.0265. The van der Waals surface area contributed by atoms with Crippen molar-refractivity contribution in [3.63, 3.8) is 0 Å². The summed E-state index contributed by atoms with van der Waals surface area (Å²) in [5.41, 5.74) is 0. The van der Waals surface area contributed by atoms with E-state index in [4.69, 9.17) is 4.74 Å². The second-order valence-corrected chi connectivity index (χ2v) is 17.5. The van der Waals surface area contributed by atoms with E-state index in [2.05, 4.69) is 31.3 Å². The van der Waals surface area contributed by atoms with Crippen molar-refractivity contribution in [3.05, 3.63) is 24.3 Å².